The molecule has 0 aliphatic rings. The fourth-order valence-corrected chi connectivity index (χ4v) is 2.11. The number of hydrogen-bond acceptors (Lipinski definition) is 1. The van der Waals surface area contributed by atoms with Crippen molar-refractivity contribution in [3.63, 3.8) is 0 Å². The van der Waals surface area contributed by atoms with Crippen molar-refractivity contribution in [2.45, 2.75) is 4.90 Å². The van der Waals surface area contributed by atoms with Gasteiger partial charge in [-0.15, -0.1) is 0 Å². The largest absolute Gasteiger partial charge is 0.312 e. The monoisotopic (exact) mass is 227 g/mol. The van der Waals surface area contributed by atoms with Gasteiger partial charge in [-0.05, 0) is 30.0 Å². The summed E-state index contributed by atoms with van der Waals surface area (Å²) in [7, 11) is 7.90. The van der Waals surface area contributed by atoms with Gasteiger partial charge < -0.3 is 0 Å². The highest BCUT2D eigenvalue weighted by atomic mass is 32.2. The lowest BCUT2D eigenvalue weighted by Crippen LogP contribution is -2.26. The van der Waals surface area contributed by atoms with Crippen LogP contribution in [0.3, 0.4) is 0 Å². The van der Waals surface area contributed by atoms with Gasteiger partial charge >= 0.3 is 5.17 Å². The number of amidine groups is 1. The Bertz CT molecular complexity index is 371. The van der Waals surface area contributed by atoms with Crippen LogP contribution in [0.2, 0.25) is 0 Å². The minimum atomic E-state index is -0.197. The van der Waals surface area contributed by atoms with Gasteiger partial charge in [0.25, 0.3) is 0 Å². The van der Waals surface area contributed by atoms with E-state index in [2.05, 4.69) is 0 Å². The summed E-state index contributed by atoms with van der Waals surface area (Å²) in [6.45, 7) is 0. The first kappa shape index (κ1) is 12.0. The molecular weight excluding hydrogens is 211 g/mol. The predicted octanol–water partition coefficient (Wildman–Crippen LogP) is 2.11. The highest BCUT2D eigenvalue weighted by molar-refractivity contribution is 8.13. The van der Waals surface area contributed by atoms with Crippen LogP contribution in [0.1, 0.15) is 0 Å². The summed E-state index contributed by atoms with van der Waals surface area (Å²) in [4.78, 5) is 2.92. The maximum Gasteiger partial charge on any atom is 0.312 e. The normalized spacial score (nSPS) is 9.93. The second-order valence-corrected chi connectivity index (χ2v) is 4.67. The van der Waals surface area contributed by atoms with Crippen molar-refractivity contribution < 1.29 is 8.97 Å². The van der Waals surface area contributed by atoms with Crippen LogP contribution in [0, 0.1) is 5.82 Å². The molecular formula is C11H16FN2S+. The van der Waals surface area contributed by atoms with E-state index in [1.54, 1.807) is 17.8 Å². The highest BCUT2D eigenvalue weighted by Gasteiger charge is 2.13. The second kappa shape index (κ2) is 5.16. The van der Waals surface area contributed by atoms with E-state index in [4.69, 9.17) is 0 Å². The Hall–Kier alpha value is -1.03. The van der Waals surface area contributed by atoms with Gasteiger partial charge in [0.05, 0.1) is 28.2 Å². The molecule has 4 heteroatoms. The predicted molar refractivity (Wildman–Crippen MR) is 63.1 cm³/mol. The summed E-state index contributed by atoms with van der Waals surface area (Å²) in [6.07, 6.45) is 0. The van der Waals surface area contributed by atoms with Gasteiger partial charge in [-0.25, -0.2) is 4.39 Å². The third kappa shape index (κ3) is 3.55. The molecule has 0 aliphatic heterocycles. The molecule has 0 radical (unpaired) electrons. The average molecular weight is 227 g/mol. The molecule has 0 saturated carbocycles. The van der Waals surface area contributed by atoms with Gasteiger partial charge in [0.15, 0.2) is 0 Å². The Morgan fingerprint density at radius 2 is 2.00 bits per heavy atom. The van der Waals surface area contributed by atoms with Crippen LogP contribution in [-0.2, 0) is 0 Å². The van der Waals surface area contributed by atoms with E-state index >= 15 is 0 Å². The quantitative estimate of drug-likeness (QED) is 0.314. The fraction of sp³-hybridized carbons (Fsp3) is 0.364. The maximum absolute atomic E-state index is 13.0. The van der Waals surface area contributed by atoms with E-state index in [0.29, 0.717) is 0 Å². The highest BCUT2D eigenvalue weighted by Crippen LogP contribution is 2.20. The smallest absolute Gasteiger partial charge is 0.261 e. The molecule has 0 aliphatic carbocycles. The number of benzene rings is 1. The van der Waals surface area contributed by atoms with Gasteiger partial charge in [0, 0.05) is 4.90 Å². The average Bonchev–Trinajstić information content (AvgIpc) is 2.13. The Labute approximate surface area is 94.4 Å². The van der Waals surface area contributed by atoms with E-state index in [0.717, 1.165) is 10.1 Å². The Kier molecular flexibility index (Phi) is 4.15. The summed E-state index contributed by atoms with van der Waals surface area (Å²) in [5.41, 5.74) is 0. The molecule has 1 aromatic carbocycles. The minimum absolute atomic E-state index is 0.197. The molecule has 0 saturated heterocycles. The molecule has 1 aromatic rings. The number of thioether (sulfide) groups is 1. The van der Waals surface area contributed by atoms with Crippen LogP contribution in [0.5, 0.6) is 0 Å². The van der Waals surface area contributed by atoms with Crippen molar-refractivity contribution in [1.82, 2.24) is 4.90 Å². The Balaban J connectivity index is 2.89. The Morgan fingerprint density at radius 3 is 2.47 bits per heavy atom. The number of hydrogen-bond donors (Lipinski definition) is 0. The van der Waals surface area contributed by atoms with Crippen molar-refractivity contribution in [3.05, 3.63) is 30.1 Å². The summed E-state index contributed by atoms with van der Waals surface area (Å²) in [6, 6.07) is 6.62. The van der Waals surface area contributed by atoms with Gasteiger partial charge in [-0.3, -0.25) is 9.48 Å². The van der Waals surface area contributed by atoms with Crippen LogP contribution in [0.15, 0.2) is 29.2 Å². The van der Waals surface area contributed by atoms with E-state index in [1.165, 1.54) is 12.1 Å². The molecule has 0 heterocycles. The molecule has 15 heavy (non-hydrogen) atoms. The molecule has 0 atom stereocenters. The van der Waals surface area contributed by atoms with E-state index in [-0.39, 0.29) is 5.82 Å². The third-order valence-corrected chi connectivity index (χ3v) is 3.17. The van der Waals surface area contributed by atoms with Gasteiger partial charge in [0.1, 0.15) is 5.82 Å². The fourth-order valence-electron chi connectivity index (χ4n) is 1.22. The van der Waals surface area contributed by atoms with Crippen LogP contribution in [0.4, 0.5) is 4.39 Å². The lowest BCUT2D eigenvalue weighted by molar-refractivity contribution is -0.466. The molecule has 82 valence electrons. The molecule has 0 amide bonds. The molecule has 0 aromatic heterocycles. The van der Waals surface area contributed by atoms with Gasteiger partial charge in [-0.2, -0.15) is 0 Å². The molecule has 0 spiro atoms. The Morgan fingerprint density at radius 1 is 1.33 bits per heavy atom. The first-order valence-corrected chi connectivity index (χ1v) is 5.47. The van der Waals surface area contributed by atoms with Gasteiger partial charge in [0.2, 0.25) is 0 Å². The van der Waals surface area contributed by atoms with Crippen LogP contribution < -0.4 is 0 Å². The number of nitrogens with zero attached hydrogens (tertiary/aromatic N) is 2. The zero-order chi connectivity index (χ0) is 11.4. The molecule has 0 N–H and O–H groups in total. The van der Waals surface area contributed by atoms with Crippen molar-refractivity contribution in [3.8, 4) is 0 Å². The molecule has 0 unspecified atom stereocenters. The summed E-state index contributed by atoms with van der Waals surface area (Å²) >= 11 is 1.55. The topological polar surface area (TPSA) is 6.25 Å². The lowest BCUT2D eigenvalue weighted by atomic mass is 10.4. The zero-order valence-corrected chi connectivity index (χ0v) is 10.3. The molecule has 1 rings (SSSR count). The summed E-state index contributed by atoms with van der Waals surface area (Å²) in [5, 5.41) is 1.07. The first-order chi connectivity index (χ1) is 7.00. The number of rotatable bonds is 1. The van der Waals surface area contributed by atoms with Crippen LogP contribution >= 0.6 is 11.8 Å². The van der Waals surface area contributed by atoms with Crippen LogP contribution in [-0.4, -0.2) is 42.8 Å². The summed E-state index contributed by atoms with van der Waals surface area (Å²) < 4.78 is 15.0. The van der Waals surface area contributed by atoms with Crippen molar-refractivity contribution >= 4 is 16.9 Å². The first-order valence-electron chi connectivity index (χ1n) is 4.65. The van der Waals surface area contributed by atoms with Crippen molar-refractivity contribution in [1.29, 1.82) is 0 Å². The van der Waals surface area contributed by atoms with Crippen molar-refractivity contribution in [2.75, 3.05) is 28.2 Å². The standard InChI is InChI=1S/C11H16FN2S/c1-13(2)11(14(3)4)15-10-7-5-6-9(12)8-10/h5-8H,1-4H3/q+1. The lowest BCUT2D eigenvalue weighted by Gasteiger charge is -2.10. The molecule has 0 fully saturated rings. The van der Waals surface area contributed by atoms with E-state index < -0.39 is 0 Å². The van der Waals surface area contributed by atoms with Crippen molar-refractivity contribution in [2.24, 2.45) is 0 Å². The molecule has 0 bridgehead atoms. The third-order valence-electron chi connectivity index (χ3n) is 1.77. The maximum atomic E-state index is 13.0. The molecule has 2 nitrogen and oxygen atoms in total. The van der Waals surface area contributed by atoms with E-state index in [9.17, 15) is 4.39 Å². The zero-order valence-electron chi connectivity index (χ0n) is 9.49. The summed E-state index contributed by atoms with van der Waals surface area (Å²) in [5.74, 6) is -0.197. The van der Waals surface area contributed by atoms with Gasteiger partial charge in [-0.1, -0.05) is 6.07 Å². The second-order valence-electron chi connectivity index (χ2n) is 3.63. The van der Waals surface area contributed by atoms with Crippen LogP contribution in [0.25, 0.3) is 0 Å². The minimum Gasteiger partial charge on any atom is -0.261 e. The van der Waals surface area contributed by atoms with E-state index in [1.807, 2.05) is 43.7 Å². The number of halogens is 1. The SMILES string of the molecule is CN(C)C(Sc1cccc(F)c1)=[N+](C)C.